The summed E-state index contributed by atoms with van der Waals surface area (Å²) >= 11 is 6.12. The molecule has 2 aromatic rings. The highest BCUT2D eigenvalue weighted by Gasteiger charge is 2.33. The summed E-state index contributed by atoms with van der Waals surface area (Å²) in [5.74, 6) is 0. The third-order valence-corrected chi connectivity index (χ3v) is 5.92. The third-order valence-electron chi connectivity index (χ3n) is 3.64. The average molecular weight is 323 g/mol. The molecule has 0 saturated heterocycles. The zero-order chi connectivity index (χ0) is 15.2. The van der Waals surface area contributed by atoms with Gasteiger partial charge in [-0.3, -0.25) is 4.31 Å². The van der Waals surface area contributed by atoms with Gasteiger partial charge in [0.25, 0.3) is 10.0 Å². The first-order valence-corrected chi connectivity index (χ1v) is 8.39. The van der Waals surface area contributed by atoms with Crippen LogP contribution in [-0.4, -0.2) is 15.0 Å². The van der Waals surface area contributed by atoms with Gasteiger partial charge in [-0.25, -0.2) is 8.42 Å². The van der Waals surface area contributed by atoms with E-state index in [1.807, 2.05) is 19.1 Å². The monoisotopic (exact) mass is 322 g/mol. The summed E-state index contributed by atoms with van der Waals surface area (Å²) in [4.78, 5) is 0.117. The van der Waals surface area contributed by atoms with Crippen molar-refractivity contribution < 1.29 is 8.42 Å². The van der Waals surface area contributed by atoms with Crippen LogP contribution >= 0.6 is 11.6 Å². The third kappa shape index (κ3) is 2.26. The summed E-state index contributed by atoms with van der Waals surface area (Å²) in [6.45, 7) is 2.25. The van der Waals surface area contributed by atoms with E-state index in [-0.39, 0.29) is 9.92 Å². The molecule has 0 atom stereocenters. The fourth-order valence-corrected chi connectivity index (χ4v) is 4.73. The predicted molar refractivity (Wildman–Crippen MR) is 85.3 cm³/mol. The van der Waals surface area contributed by atoms with Crippen molar-refractivity contribution in [2.24, 2.45) is 0 Å². The second-order valence-corrected chi connectivity index (χ2v) is 7.35. The van der Waals surface area contributed by atoms with Gasteiger partial charge in [0.2, 0.25) is 0 Å². The molecule has 0 radical (unpaired) electrons. The second-order valence-electron chi connectivity index (χ2n) is 5.12. The van der Waals surface area contributed by atoms with E-state index in [1.54, 1.807) is 24.3 Å². The number of anilines is 2. The Balaban J connectivity index is 2.14. The van der Waals surface area contributed by atoms with E-state index in [0.717, 1.165) is 11.1 Å². The lowest BCUT2D eigenvalue weighted by atomic mass is 10.1. The molecule has 1 heterocycles. The van der Waals surface area contributed by atoms with Gasteiger partial charge in [0.1, 0.15) is 4.90 Å². The number of rotatable bonds is 2. The number of benzene rings is 2. The quantitative estimate of drug-likeness (QED) is 0.864. The van der Waals surface area contributed by atoms with Crippen molar-refractivity contribution in [1.29, 1.82) is 0 Å². The Morgan fingerprint density at radius 3 is 2.71 bits per heavy atom. The summed E-state index contributed by atoms with van der Waals surface area (Å²) in [6, 6.07) is 10.4. The summed E-state index contributed by atoms with van der Waals surface area (Å²) in [5.41, 5.74) is 8.87. The van der Waals surface area contributed by atoms with Gasteiger partial charge in [-0.15, -0.1) is 0 Å². The van der Waals surface area contributed by atoms with Crippen molar-refractivity contribution in [3.63, 3.8) is 0 Å². The molecule has 1 aliphatic rings. The molecule has 2 aromatic carbocycles. The highest BCUT2D eigenvalue weighted by atomic mass is 35.5. The highest BCUT2D eigenvalue weighted by molar-refractivity contribution is 7.93. The largest absolute Gasteiger partial charge is 0.397 e. The van der Waals surface area contributed by atoms with E-state index < -0.39 is 10.0 Å². The van der Waals surface area contributed by atoms with E-state index in [2.05, 4.69) is 0 Å². The number of para-hydroxylation sites is 1. The Kier molecular flexibility index (Phi) is 3.34. The minimum Gasteiger partial charge on any atom is -0.397 e. The molecule has 0 fully saturated rings. The maximum atomic E-state index is 12.9. The van der Waals surface area contributed by atoms with E-state index in [4.69, 9.17) is 17.3 Å². The van der Waals surface area contributed by atoms with Gasteiger partial charge >= 0.3 is 0 Å². The lowest BCUT2D eigenvalue weighted by molar-refractivity contribution is 0.592. The highest BCUT2D eigenvalue weighted by Crippen LogP contribution is 2.38. The summed E-state index contributed by atoms with van der Waals surface area (Å²) in [7, 11) is -3.70. The van der Waals surface area contributed by atoms with E-state index in [1.165, 1.54) is 4.31 Å². The fraction of sp³-hybridized carbons (Fsp3) is 0.200. The Bertz CT molecular complexity index is 818. The molecule has 0 amide bonds. The molecule has 0 bridgehead atoms. The van der Waals surface area contributed by atoms with Crippen LogP contribution in [-0.2, 0) is 16.4 Å². The minimum atomic E-state index is -3.70. The Labute approximate surface area is 129 Å². The summed E-state index contributed by atoms with van der Waals surface area (Å²) in [6.07, 6.45) is 0.656. The SMILES string of the molecule is Cc1ccc(S(=O)(=O)N2CCc3cccc(N)c32)c(Cl)c1. The average Bonchev–Trinajstić information content (AvgIpc) is 2.84. The molecule has 0 saturated carbocycles. The van der Waals surface area contributed by atoms with E-state index >= 15 is 0 Å². The van der Waals surface area contributed by atoms with Crippen molar-refractivity contribution in [2.45, 2.75) is 18.2 Å². The topological polar surface area (TPSA) is 63.4 Å². The van der Waals surface area contributed by atoms with Gasteiger partial charge in [-0.05, 0) is 42.7 Å². The minimum absolute atomic E-state index is 0.117. The van der Waals surface area contributed by atoms with Gasteiger partial charge in [0.15, 0.2) is 0 Å². The molecular weight excluding hydrogens is 308 g/mol. The number of hydrogen-bond donors (Lipinski definition) is 1. The van der Waals surface area contributed by atoms with Crippen molar-refractivity contribution in [1.82, 2.24) is 0 Å². The molecule has 0 unspecified atom stereocenters. The van der Waals surface area contributed by atoms with Crippen molar-refractivity contribution >= 4 is 33.0 Å². The van der Waals surface area contributed by atoms with Crippen molar-refractivity contribution in [2.75, 3.05) is 16.6 Å². The zero-order valence-electron chi connectivity index (χ0n) is 11.5. The number of nitrogens with zero attached hydrogens (tertiary/aromatic N) is 1. The summed E-state index contributed by atoms with van der Waals surface area (Å²) < 4.78 is 27.1. The molecule has 2 N–H and O–H groups in total. The standard InChI is InChI=1S/C15H15ClN2O2S/c1-10-5-6-14(12(16)9-10)21(19,20)18-8-7-11-3-2-4-13(17)15(11)18/h2-6,9H,7-8,17H2,1H3. The van der Waals surface area contributed by atoms with Crippen LogP contribution in [0.5, 0.6) is 0 Å². The molecule has 3 rings (SSSR count). The van der Waals surface area contributed by atoms with Crippen molar-refractivity contribution in [3.8, 4) is 0 Å². The lowest BCUT2D eigenvalue weighted by Crippen LogP contribution is -2.29. The lowest BCUT2D eigenvalue weighted by Gasteiger charge is -2.21. The number of hydrogen-bond acceptors (Lipinski definition) is 3. The van der Waals surface area contributed by atoms with Crippen LogP contribution in [0, 0.1) is 6.92 Å². The van der Waals surface area contributed by atoms with E-state index in [9.17, 15) is 8.42 Å². The molecule has 6 heteroatoms. The van der Waals surface area contributed by atoms with Crippen molar-refractivity contribution in [3.05, 3.63) is 52.5 Å². The molecular formula is C15H15ClN2O2S. The Morgan fingerprint density at radius 2 is 2.00 bits per heavy atom. The molecule has 21 heavy (non-hydrogen) atoms. The number of halogens is 1. The van der Waals surface area contributed by atoms with Gasteiger partial charge in [-0.2, -0.15) is 0 Å². The molecule has 0 aromatic heterocycles. The predicted octanol–water partition coefficient (Wildman–Crippen LogP) is 2.98. The fourth-order valence-electron chi connectivity index (χ4n) is 2.63. The zero-order valence-corrected chi connectivity index (χ0v) is 13.1. The van der Waals surface area contributed by atoms with Crippen LogP contribution in [0.2, 0.25) is 5.02 Å². The van der Waals surface area contributed by atoms with Gasteiger partial charge in [-0.1, -0.05) is 29.8 Å². The Hall–Kier alpha value is -1.72. The van der Waals surface area contributed by atoms with Gasteiger partial charge in [0, 0.05) is 6.54 Å². The normalized spacial score (nSPS) is 14.3. The van der Waals surface area contributed by atoms with Crippen LogP contribution in [0.25, 0.3) is 0 Å². The first-order chi connectivity index (χ1) is 9.91. The number of aryl methyl sites for hydroxylation is 1. The number of sulfonamides is 1. The molecule has 0 aliphatic carbocycles. The van der Waals surface area contributed by atoms with E-state index in [0.29, 0.717) is 24.3 Å². The first-order valence-electron chi connectivity index (χ1n) is 6.57. The molecule has 1 aliphatic heterocycles. The van der Waals surface area contributed by atoms with Crippen LogP contribution in [0.3, 0.4) is 0 Å². The second kappa shape index (κ2) is 4.93. The van der Waals surface area contributed by atoms with Gasteiger partial charge < -0.3 is 5.73 Å². The number of fused-ring (bicyclic) bond motifs is 1. The number of nitrogens with two attached hydrogens (primary N) is 1. The summed E-state index contributed by atoms with van der Waals surface area (Å²) in [5, 5.41) is 0.234. The smallest absolute Gasteiger partial charge is 0.265 e. The molecule has 110 valence electrons. The Morgan fingerprint density at radius 1 is 1.24 bits per heavy atom. The van der Waals surface area contributed by atoms with Crippen LogP contribution in [0.15, 0.2) is 41.3 Å². The molecule has 0 spiro atoms. The maximum Gasteiger partial charge on any atom is 0.265 e. The van der Waals surface area contributed by atoms with Crippen LogP contribution < -0.4 is 10.0 Å². The van der Waals surface area contributed by atoms with Crippen LogP contribution in [0.4, 0.5) is 11.4 Å². The number of nitrogen functional groups attached to an aromatic ring is 1. The maximum absolute atomic E-state index is 12.9. The first kappa shape index (κ1) is 14.2. The van der Waals surface area contributed by atoms with Crippen LogP contribution in [0.1, 0.15) is 11.1 Å². The molecule has 4 nitrogen and oxygen atoms in total. The van der Waals surface area contributed by atoms with Gasteiger partial charge in [0.05, 0.1) is 16.4 Å².